The van der Waals surface area contributed by atoms with E-state index in [9.17, 15) is 27.6 Å². The van der Waals surface area contributed by atoms with Crippen molar-refractivity contribution in [3.8, 4) is 0 Å². The first-order valence-electron chi connectivity index (χ1n) is 11.6. The van der Waals surface area contributed by atoms with E-state index in [0.717, 1.165) is 44.7 Å². The second-order valence-corrected chi connectivity index (χ2v) is 9.73. The molecule has 0 aromatic heterocycles. The fraction of sp³-hybridized carbons (Fsp3) is 0.565. The van der Waals surface area contributed by atoms with Crippen LogP contribution in [0.15, 0.2) is 18.2 Å². The van der Waals surface area contributed by atoms with Crippen molar-refractivity contribution < 1.29 is 37.5 Å². The lowest BCUT2D eigenvalue weighted by Crippen LogP contribution is -2.63. The number of anilines is 1. The zero-order valence-electron chi connectivity index (χ0n) is 18.7. The number of fused-ring (bicyclic) bond motifs is 2. The predicted octanol–water partition coefficient (Wildman–Crippen LogP) is 0.874. The fourth-order valence-corrected chi connectivity index (χ4v) is 5.43. The van der Waals surface area contributed by atoms with Crippen LogP contribution < -0.4 is 15.5 Å². The molecule has 1 aromatic carbocycles. The molecule has 4 fully saturated rings. The third kappa shape index (κ3) is 3.98. The Kier molecular flexibility index (Phi) is 5.63. The van der Waals surface area contributed by atoms with Crippen molar-refractivity contribution in [2.45, 2.75) is 55.3 Å². The number of benzene rings is 1. The van der Waals surface area contributed by atoms with Crippen LogP contribution in [0, 0.1) is 0 Å². The van der Waals surface area contributed by atoms with E-state index in [1.165, 1.54) is 11.1 Å². The number of alkyl halides is 3. The van der Waals surface area contributed by atoms with Gasteiger partial charge in [0.15, 0.2) is 0 Å². The number of carbonyl (C=O) groups is 4. The van der Waals surface area contributed by atoms with Gasteiger partial charge in [-0.2, -0.15) is 13.2 Å². The second-order valence-electron chi connectivity index (χ2n) is 9.73. The Morgan fingerprint density at radius 3 is 2.29 bits per heavy atom. The van der Waals surface area contributed by atoms with Gasteiger partial charge in [-0.25, -0.2) is 4.79 Å². The Labute approximate surface area is 198 Å². The van der Waals surface area contributed by atoms with Gasteiger partial charge in [0, 0.05) is 50.2 Å². The quantitative estimate of drug-likeness (QED) is 0.534. The van der Waals surface area contributed by atoms with Crippen LogP contribution in [0.25, 0.3) is 0 Å². The van der Waals surface area contributed by atoms with Gasteiger partial charge in [0.05, 0.1) is 5.41 Å². The largest absolute Gasteiger partial charge is 0.490 e. The number of carbonyl (C=O) groups excluding carboxylic acids is 3. The topological polar surface area (TPSA) is 119 Å². The molecule has 0 bridgehead atoms. The number of aliphatic carboxylic acids is 1. The van der Waals surface area contributed by atoms with Gasteiger partial charge in [0.25, 0.3) is 0 Å². The standard InChI is InChI=1S/C21H24N4O3.C2HF3O2/c26-17-5-4-16(19(27)23-17)25-15-3-1-2-14(18(15)21(6-7-21)20(25)28)12-10-24(11-12)13-8-22-9-13;3-2(4,5)1(6)7/h1-3,12-13,16,22H,4-11H2,(H,23,26,27);(H,6,7). The number of carboxylic acid groups (broad SMARTS) is 1. The number of carboxylic acids is 1. The molecular formula is C23H25F3N4O5. The Morgan fingerprint density at radius 2 is 1.77 bits per heavy atom. The molecule has 5 aliphatic rings. The van der Waals surface area contributed by atoms with Crippen molar-refractivity contribution in [3.05, 3.63) is 29.3 Å². The van der Waals surface area contributed by atoms with Gasteiger partial charge in [-0.05, 0) is 36.5 Å². The van der Waals surface area contributed by atoms with Gasteiger partial charge in [-0.1, -0.05) is 12.1 Å². The minimum absolute atomic E-state index is 0.0591. The number of hydrogen-bond acceptors (Lipinski definition) is 6. The molecule has 35 heavy (non-hydrogen) atoms. The monoisotopic (exact) mass is 494 g/mol. The second kappa shape index (κ2) is 8.30. The third-order valence-electron chi connectivity index (χ3n) is 7.58. The van der Waals surface area contributed by atoms with Crippen LogP contribution in [0.3, 0.4) is 0 Å². The molecule has 188 valence electrons. The molecule has 1 spiro atoms. The van der Waals surface area contributed by atoms with Crippen molar-refractivity contribution in [3.63, 3.8) is 0 Å². The predicted molar refractivity (Wildman–Crippen MR) is 116 cm³/mol. The van der Waals surface area contributed by atoms with Crippen LogP contribution in [0.4, 0.5) is 18.9 Å². The highest BCUT2D eigenvalue weighted by Crippen LogP contribution is 2.60. The van der Waals surface area contributed by atoms with Crippen LogP contribution in [-0.4, -0.2) is 78.1 Å². The summed E-state index contributed by atoms with van der Waals surface area (Å²) < 4.78 is 31.7. The van der Waals surface area contributed by atoms with Gasteiger partial charge >= 0.3 is 12.1 Å². The van der Waals surface area contributed by atoms with Gasteiger partial charge in [-0.15, -0.1) is 0 Å². The Bertz CT molecular complexity index is 1090. The summed E-state index contributed by atoms with van der Waals surface area (Å²) in [5, 5.41) is 12.9. The highest BCUT2D eigenvalue weighted by atomic mass is 19.4. The number of piperidine rings is 1. The van der Waals surface area contributed by atoms with E-state index >= 15 is 0 Å². The number of halogens is 3. The molecule has 1 aromatic rings. The maximum Gasteiger partial charge on any atom is 0.490 e. The van der Waals surface area contributed by atoms with E-state index in [1.54, 1.807) is 4.90 Å². The van der Waals surface area contributed by atoms with Crippen molar-refractivity contribution >= 4 is 29.4 Å². The van der Waals surface area contributed by atoms with E-state index in [-0.39, 0.29) is 24.1 Å². The molecule has 0 radical (unpaired) electrons. The summed E-state index contributed by atoms with van der Waals surface area (Å²) in [6.45, 7) is 4.24. The highest BCUT2D eigenvalue weighted by Gasteiger charge is 2.62. The van der Waals surface area contributed by atoms with E-state index in [0.29, 0.717) is 18.4 Å². The van der Waals surface area contributed by atoms with E-state index in [4.69, 9.17) is 9.90 Å². The van der Waals surface area contributed by atoms with E-state index in [1.807, 2.05) is 12.1 Å². The number of imide groups is 1. The summed E-state index contributed by atoms with van der Waals surface area (Å²) in [7, 11) is 0. The lowest BCUT2D eigenvalue weighted by Gasteiger charge is -2.48. The summed E-state index contributed by atoms with van der Waals surface area (Å²) in [5.74, 6) is -2.83. The summed E-state index contributed by atoms with van der Waals surface area (Å²) in [6.07, 6.45) is -2.66. The van der Waals surface area contributed by atoms with Crippen LogP contribution in [0.1, 0.15) is 42.7 Å². The molecule has 1 aliphatic carbocycles. The summed E-state index contributed by atoms with van der Waals surface area (Å²) in [4.78, 5) is 50.6. The first-order chi connectivity index (χ1) is 16.5. The van der Waals surface area contributed by atoms with Crippen LogP contribution in [0.5, 0.6) is 0 Å². The van der Waals surface area contributed by atoms with E-state index < -0.39 is 23.6 Å². The average molecular weight is 494 g/mol. The smallest absolute Gasteiger partial charge is 0.475 e. The molecular weight excluding hydrogens is 469 g/mol. The summed E-state index contributed by atoms with van der Waals surface area (Å²) >= 11 is 0. The van der Waals surface area contributed by atoms with Crippen LogP contribution >= 0.6 is 0 Å². The molecule has 6 rings (SSSR count). The lowest BCUT2D eigenvalue weighted by atomic mass is 9.81. The Hall–Kier alpha value is -2.99. The Balaban J connectivity index is 0.000000320. The van der Waals surface area contributed by atoms with Crippen molar-refractivity contribution in [2.24, 2.45) is 0 Å². The first-order valence-corrected chi connectivity index (χ1v) is 11.6. The van der Waals surface area contributed by atoms with Crippen molar-refractivity contribution in [1.82, 2.24) is 15.5 Å². The number of nitrogens with zero attached hydrogens (tertiary/aromatic N) is 2. The van der Waals surface area contributed by atoms with Crippen LogP contribution in [-0.2, 0) is 24.6 Å². The SMILES string of the molecule is O=C(O)C(F)(F)F.O=C1CCC(N2C(=O)C3(CC3)c3c(C4CN(C5CNC5)C4)cccc32)C(=O)N1. The average Bonchev–Trinajstić information content (AvgIpc) is 3.47. The molecule has 1 unspecified atom stereocenters. The van der Waals surface area contributed by atoms with Crippen LogP contribution in [0.2, 0.25) is 0 Å². The lowest BCUT2D eigenvalue weighted by molar-refractivity contribution is -0.192. The van der Waals surface area contributed by atoms with Gasteiger partial charge in [0.2, 0.25) is 17.7 Å². The summed E-state index contributed by atoms with van der Waals surface area (Å²) in [5.41, 5.74) is 2.94. The Morgan fingerprint density at radius 1 is 1.11 bits per heavy atom. The molecule has 1 atom stereocenters. The maximum atomic E-state index is 13.4. The molecule has 4 heterocycles. The third-order valence-corrected chi connectivity index (χ3v) is 7.58. The number of rotatable bonds is 3. The zero-order chi connectivity index (χ0) is 25.1. The molecule has 12 heteroatoms. The van der Waals surface area contributed by atoms with Crippen molar-refractivity contribution in [1.29, 1.82) is 0 Å². The zero-order valence-corrected chi connectivity index (χ0v) is 18.7. The molecule has 3 amide bonds. The minimum atomic E-state index is -5.08. The van der Waals surface area contributed by atoms with Gasteiger partial charge in [0.1, 0.15) is 6.04 Å². The van der Waals surface area contributed by atoms with Crippen molar-refractivity contribution in [2.75, 3.05) is 31.1 Å². The number of nitrogens with one attached hydrogen (secondary N) is 2. The highest BCUT2D eigenvalue weighted by molar-refractivity contribution is 6.15. The normalized spacial score (nSPS) is 25.9. The molecule has 4 aliphatic heterocycles. The first kappa shape index (κ1) is 23.7. The fourth-order valence-electron chi connectivity index (χ4n) is 5.43. The molecule has 3 N–H and O–H groups in total. The minimum Gasteiger partial charge on any atom is -0.475 e. The maximum absolute atomic E-state index is 13.4. The summed E-state index contributed by atoms with van der Waals surface area (Å²) in [6, 6.07) is 6.28. The molecule has 9 nitrogen and oxygen atoms in total. The number of hydrogen-bond donors (Lipinski definition) is 3. The number of amides is 3. The molecule has 1 saturated carbocycles. The molecule has 3 saturated heterocycles. The van der Waals surface area contributed by atoms with E-state index in [2.05, 4.69) is 21.6 Å². The number of likely N-dealkylation sites (tertiary alicyclic amines) is 1. The van der Waals surface area contributed by atoms with Gasteiger partial charge < -0.3 is 10.4 Å². The van der Waals surface area contributed by atoms with Gasteiger partial charge in [-0.3, -0.25) is 29.5 Å².